The summed E-state index contributed by atoms with van der Waals surface area (Å²) in [4.78, 5) is 14.6. The van der Waals surface area contributed by atoms with E-state index in [-0.39, 0.29) is 29.5 Å². The fourth-order valence-electron chi connectivity index (χ4n) is 3.62. The van der Waals surface area contributed by atoms with E-state index in [0.717, 1.165) is 19.4 Å². The van der Waals surface area contributed by atoms with Crippen LogP contribution in [0.3, 0.4) is 0 Å². The standard InChI is InChI=1S/C16H17ClFN5O/c17-12-4-1-5-13(18)14(12)10-7-11(10)16(24)23-6-2-3-9(8-23)15-19-21-22-20-15/h1,4-5,9-11H,2-3,6-8H2,(H,19,20,21,22)/t9-,10-,11-/m1/s1. The van der Waals surface area contributed by atoms with Gasteiger partial charge >= 0.3 is 0 Å². The van der Waals surface area contributed by atoms with E-state index in [1.54, 1.807) is 12.1 Å². The van der Waals surface area contributed by atoms with Crippen molar-refractivity contribution in [2.45, 2.75) is 31.1 Å². The summed E-state index contributed by atoms with van der Waals surface area (Å²) < 4.78 is 14.0. The number of aromatic nitrogens is 4. The Morgan fingerprint density at radius 2 is 2.29 bits per heavy atom. The number of hydrogen-bond acceptors (Lipinski definition) is 4. The van der Waals surface area contributed by atoms with E-state index < -0.39 is 0 Å². The van der Waals surface area contributed by atoms with Crippen molar-refractivity contribution in [3.8, 4) is 0 Å². The molecular weight excluding hydrogens is 333 g/mol. The molecule has 8 heteroatoms. The smallest absolute Gasteiger partial charge is 0.226 e. The van der Waals surface area contributed by atoms with Crippen LogP contribution in [0, 0.1) is 11.7 Å². The number of piperidine rings is 1. The molecule has 1 aliphatic carbocycles. The van der Waals surface area contributed by atoms with Crippen molar-refractivity contribution < 1.29 is 9.18 Å². The molecule has 3 atom stereocenters. The molecule has 1 N–H and O–H groups in total. The first kappa shape index (κ1) is 15.5. The molecule has 2 heterocycles. The number of H-pyrrole nitrogens is 1. The predicted octanol–water partition coefficient (Wildman–Crippen LogP) is 2.50. The van der Waals surface area contributed by atoms with Gasteiger partial charge in [-0.05, 0) is 31.4 Å². The molecule has 0 radical (unpaired) electrons. The molecule has 1 saturated carbocycles. The molecule has 0 bridgehead atoms. The number of hydrogen-bond donors (Lipinski definition) is 1. The summed E-state index contributed by atoms with van der Waals surface area (Å²) in [6.45, 7) is 1.31. The Morgan fingerprint density at radius 1 is 1.42 bits per heavy atom. The van der Waals surface area contributed by atoms with Crippen LogP contribution < -0.4 is 0 Å². The normalized spacial score (nSPS) is 26.4. The minimum Gasteiger partial charge on any atom is -0.342 e. The number of amides is 1. The fraction of sp³-hybridized carbons (Fsp3) is 0.500. The van der Waals surface area contributed by atoms with Crippen LogP contribution in [0.2, 0.25) is 5.02 Å². The van der Waals surface area contributed by atoms with Gasteiger partial charge in [0.05, 0.1) is 0 Å². The van der Waals surface area contributed by atoms with Gasteiger partial charge in [-0.2, -0.15) is 5.21 Å². The highest BCUT2D eigenvalue weighted by Crippen LogP contribution is 2.51. The summed E-state index contributed by atoms with van der Waals surface area (Å²) in [5, 5.41) is 14.5. The van der Waals surface area contributed by atoms with Gasteiger partial charge in [-0.3, -0.25) is 4.79 Å². The van der Waals surface area contributed by atoms with Crippen molar-refractivity contribution in [1.29, 1.82) is 0 Å². The van der Waals surface area contributed by atoms with E-state index in [4.69, 9.17) is 11.6 Å². The Hall–Kier alpha value is -2.02. The topological polar surface area (TPSA) is 74.8 Å². The average molecular weight is 350 g/mol. The maximum Gasteiger partial charge on any atom is 0.226 e. The SMILES string of the molecule is O=C([C@@H]1C[C@H]1c1c(F)cccc1Cl)N1CCC[C@@H](c2nn[nH]n2)C1. The predicted molar refractivity (Wildman–Crippen MR) is 85.0 cm³/mol. The number of rotatable bonds is 3. The van der Waals surface area contributed by atoms with E-state index >= 15 is 0 Å². The lowest BCUT2D eigenvalue weighted by molar-refractivity contribution is -0.133. The average Bonchev–Trinajstić information content (AvgIpc) is 3.16. The number of carbonyl (C=O) groups excluding carboxylic acids is 1. The molecule has 24 heavy (non-hydrogen) atoms. The molecule has 1 saturated heterocycles. The summed E-state index contributed by atoms with van der Waals surface area (Å²) in [5.41, 5.74) is 0.476. The van der Waals surface area contributed by atoms with Crippen LogP contribution in [0.4, 0.5) is 4.39 Å². The first-order valence-electron chi connectivity index (χ1n) is 8.11. The van der Waals surface area contributed by atoms with Crippen LogP contribution >= 0.6 is 11.6 Å². The number of tetrazole rings is 1. The third-order valence-corrected chi connectivity index (χ3v) is 5.27. The van der Waals surface area contributed by atoms with Gasteiger partial charge < -0.3 is 4.90 Å². The van der Waals surface area contributed by atoms with Crippen molar-refractivity contribution in [3.05, 3.63) is 40.4 Å². The van der Waals surface area contributed by atoms with Gasteiger partial charge in [0.25, 0.3) is 0 Å². The zero-order chi connectivity index (χ0) is 16.7. The largest absolute Gasteiger partial charge is 0.342 e. The highest BCUT2D eigenvalue weighted by atomic mass is 35.5. The van der Waals surface area contributed by atoms with E-state index in [1.165, 1.54) is 6.07 Å². The van der Waals surface area contributed by atoms with Crippen molar-refractivity contribution in [2.24, 2.45) is 5.92 Å². The molecule has 1 aliphatic heterocycles. The quantitative estimate of drug-likeness (QED) is 0.923. The molecule has 0 unspecified atom stereocenters. The summed E-state index contributed by atoms with van der Waals surface area (Å²) in [6, 6.07) is 4.65. The van der Waals surface area contributed by atoms with Gasteiger partial charge in [0.2, 0.25) is 5.91 Å². The van der Waals surface area contributed by atoms with Crippen LogP contribution in [0.5, 0.6) is 0 Å². The number of carbonyl (C=O) groups is 1. The zero-order valence-corrected chi connectivity index (χ0v) is 13.7. The fourth-order valence-corrected chi connectivity index (χ4v) is 3.92. The highest BCUT2D eigenvalue weighted by Gasteiger charge is 2.48. The minimum absolute atomic E-state index is 0.0764. The number of halogens is 2. The van der Waals surface area contributed by atoms with Crippen molar-refractivity contribution in [2.75, 3.05) is 13.1 Å². The van der Waals surface area contributed by atoms with Crippen LogP contribution in [0.15, 0.2) is 18.2 Å². The maximum absolute atomic E-state index is 14.0. The molecule has 1 amide bonds. The van der Waals surface area contributed by atoms with E-state index in [1.807, 2.05) is 4.90 Å². The van der Waals surface area contributed by atoms with Crippen molar-refractivity contribution in [1.82, 2.24) is 25.5 Å². The Kier molecular flexibility index (Phi) is 3.96. The van der Waals surface area contributed by atoms with E-state index in [0.29, 0.717) is 29.4 Å². The molecule has 6 nitrogen and oxygen atoms in total. The van der Waals surface area contributed by atoms with Crippen LogP contribution in [-0.2, 0) is 4.79 Å². The Balaban J connectivity index is 1.45. The second kappa shape index (κ2) is 6.12. The first-order chi connectivity index (χ1) is 11.6. The molecule has 126 valence electrons. The lowest BCUT2D eigenvalue weighted by Crippen LogP contribution is -2.40. The molecule has 1 aromatic carbocycles. The van der Waals surface area contributed by atoms with Gasteiger partial charge in [0, 0.05) is 41.4 Å². The second-order valence-electron chi connectivity index (χ2n) is 6.48. The zero-order valence-electron chi connectivity index (χ0n) is 13.0. The summed E-state index contributed by atoms with van der Waals surface area (Å²) >= 11 is 6.12. The first-order valence-corrected chi connectivity index (χ1v) is 8.49. The highest BCUT2D eigenvalue weighted by molar-refractivity contribution is 6.31. The van der Waals surface area contributed by atoms with Gasteiger partial charge in [0.15, 0.2) is 5.82 Å². The van der Waals surface area contributed by atoms with Crippen molar-refractivity contribution in [3.63, 3.8) is 0 Å². The van der Waals surface area contributed by atoms with E-state index in [9.17, 15) is 9.18 Å². The summed E-state index contributed by atoms with van der Waals surface area (Å²) in [7, 11) is 0. The molecule has 2 aromatic rings. The molecule has 4 rings (SSSR count). The number of nitrogens with zero attached hydrogens (tertiary/aromatic N) is 4. The lowest BCUT2D eigenvalue weighted by atomic mass is 9.97. The van der Waals surface area contributed by atoms with Crippen molar-refractivity contribution >= 4 is 17.5 Å². The summed E-state index contributed by atoms with van der Waals surface area (Å²) in [6.07, 6.45) is 2.50. The third-order valence-electron chi connectivity index (χ3n) is 4.94. The number of nitrogens with one attached hydrogen (secondary N) is 1. The molecular formula is C16H17ClFN5O. The van der Waals surface area contributed by atoms with Gasteiger partial charge in [-0.15, -0.1) is 10.2 Å². The molecule has 0 spiro atoms. The van der Waals surface area contributed by atoms with E-state index in [2.05, 4.69) is 20.6 Å². The monoisotopic (exact) mass is 349 g/mol. The molecule has 1 aromatic heterocycles. The number of aromatic amines is 1. The lowest BCUT2D eigenvalue weighted by Gasteiger charge is -2.31. The van der Waals surface area contributed by atoms with Crippen LogP contribution in [0.25, 0.3) is 0 Å². The Labute approximate surface area is 143 Å². The Bertz CT molecular complexity index is 733. The summed E-state index contributed by atoms with van der Waals surface area (Å²) in [5.74, 6) is 0.214. The van der Waals surface area contributed by atoms with Gasteiger partial charge in [-0.25, -0.2) is 4.39 Å². The minimum atomic E-state index is -0.328. The number of benzene rings is 1. The maximum atomic E-state index is 14.0. The molecule has 2 aliphatic rings. The van der Waals surface area contributed by atoms with Crippen LogP contribution in [-0.4, -0.2) is 44.5 Å². The second-order valence-corrected chi connectivity index (χ2v) is 6.88. The third kappa shape index (κ3) is 2.77. The van der Waals surface area contributed by atoms with Gasteiger partial charge in [0.1, 0.15) is 5.82 Å². The van der Waals surface area contributed by atoms with Crippen LogP contribution in [0.1, 0.15) is 42.5 Å². The van der Waals surface area contributed by atoms with Gasteiger partial charge in [-0.1, -0.05) is 22.9 Å². The number of likely N-dealkylation sites (tertiary alicyclic amines) is 1. The molecule has 2 fully saturated rings. The Morgan fingerprint density at radius 3 is 3.04 bits per heavy atom.